The number of nitrogens with zero attached hydrogens (tertiary/aromatic N) is 3. The molecule has 1 rings (SSSR count). The van der Waals surface area contributed by atoms with E-state index in [0.717, 1.165) is 0 Å². The third-order valence-corrected chi connectivity index (χ3v) is 1.05. The Kier molecular flexibility index (Phi) is 2.57. The van der Waals surface area contributed by atoms with Crippen LogP contribution in [0.1, 0.15) is 0 Å². The molecule has 0 fully saturated rings. The molecule has 11 heavy (non-hydrogen) atoms. The van der Waals surface area contributed by atoms with Gasteiger partial charge in [0.2, 0.25) is 0 Å². The van der Waals surface area contributed by atoms with Crippen LogP contribution in [0.2, 0.25) is 0 Å². The lowest BCUT2D eigenvalue weighted by molar-refractivity contribution is -0.0707. The van der Waals surface area contributed by atoms with Crippen LogP contribution in [0.15, 0.2) is 40.7 Å². The lowest BCUT2D eigenvalue weighted by Gasteiger charge is -1.97. The highest BCUT2D eigenvalue weighted by Gasteiger charge is 1.84. The Morgan fingerprint density at radius 2 is 1.91 bits per heavy atom. The van der Waals surface area contributed by atoms with E-state index in [4.69, 9.17) is 5.21 Å². The van der Waals surface area contributed by atoms with Crippen molar-refractivity contribution in [1.29, 1.82) is 0 Å². The van der Waals surface area contributed by atoms with Crippen molar-refractivity contribution in [3.8, 4) is 0 Å². The standard InChI is InChI=1S/C7H9N3O/c1-10(11)9-8-7-5-3-2-4-6-7/h2-6,11H,1H3/b9-8-. The van der Waals surface area contributed by atoms with E-state index in [1.54, 1.807) is 12.1 Å². The summed E-state index contributed by atoms with van der Waals surface area (Å²) in [6, 6.07) is 9.19. The van der Waals surface area contributed by atoms with Gasteiger partial charge in [-0.15, -0.1) is 5.11 Å². The molecule has 1 aromatic rings. The van der Waals surface area contributed by atoms with Gasteiger partial charge >= 0.3 is 0 Å². The molecule has 4 nitrogen and oxygen atoms in total. The second kappa shape index (κ2) is 3.68. The van der Waals surface area contributed by atoms with Gasteiger partial charge in [0.05, 0.1) is 12.7 Å². The van der Waals surface area contributed by atoms with Crippen molar-refractivity contribution in [3.63, 3.8) is 0 Å². The molecular weight excluding hydrogens is 142 g/mol. The van der Waals surface area contributed by atoms with Crippen LogP contribution >= 0.6 is 0 Å². The summed E-state index contributed by atoms with van der Waals surface area (Å²) >= 11 is 0. The van der Waals surface area contributed by atoms with Gasteiger partial charge in [-0.25, -0.2) is 0 Å². The Bertz CT molecular complexity index is 233. The van der Waals surface area contributed by atoms with Crippen molar-refractivity contribution < 1.29 is 5.21 Å². The van der Waals surface area contributed by atoms with E-state index in [-0.39, 0.29) is 0 Å². The second-order valence-corrected chi connectivity index (χ2v) is 2.01. The molecule has 0 aromatic heterocycles. The van der Waals surface area contributed by atoms with E-state index in [1.165, 1.54) is 7.05 Å². The van der Waals surface area contributed by atoms with E-state index in [1.807, 2.05) is 18.2 Å². The first kappa shape index (κ1) is 7.68. The van der Waals surface area contributed by atoms with Crippen LogP contribution in [-0.4, -0.2) is 17.4 Å². The lowest BCUT2D eigenvalue weighted by atomic mass is 10.3. The van der Waals surface area contributed by atoms with Crippen molar-refractivity contribution >= 4 is 5.69 Å². The zero-order chi connectivity index (χ0) is 8.10. The molecule has 0 heterocycles. The molecule has 58 valence electrons. The molecule has 0 saturated heterocycles. The Labute approximate surface area is 64.7 Å². The minimum absolute atomic E-state index is 0.660. The first-order chi connectivity index (χ1) is 5.29. The Hall–Kier alpha value is -1.42. The van der Waals surface area contributed by atoms with Crippen LogP contribution in [0.5, 0.6) is 0 Å². The molecule has 0 atom stereocenters. The highest BCUT2D eigenvalue weighted by Crippen LogP contribution is 2.09. The van der Waals surface area contributed by atoms with E-state index in [0.29, 0.717) is 10.9 Å². The smallest absolute Gasteiger partial charge is 0.0875 e. The molecule has 0 aliphatic carbocycles. The van der Waals surface area contributed by atoms with Gasteiger partial charge in [0.1, 0.15) is 0 Å². The molecule has 4 heteroatoms. The predicted octanol–water partition coefficient (Wildman–Crippen LogP) is 2.01. The first-order valence-corrected chi connectivity index (χ1v) is 3.18. The first-order valence-electron chi connectivity index (χ1n) is 3.18. The fraction of sp³-hybridized carbons (Fsp3) is 0.143. The van der Waals surface area contributed by atoms with Crippen molar-refractivity contribution in [2.75, 3.05) is 7.05 Å². The molecule has 0 unspecified atom stereocenters. The maximum absolute atomic E-state index is 8.59. The van der Waals surface area contributed by atoms with Crippen LogP contribution in [0, 0.1) is 0 Å². The average Bonchev–Trinajstić information content (AvgIpc) is 2.03. The molecule has 0 amide bonds. The zero-order valence-electron chi connectivity index (χ0n) is 6.18. The minimum atomic E-state index is 0.660. The van der Waals surface area contributed by atoms with Crippen molar-refractivity contribution in [2.24, 2.45) is 10.3 Å². The monoisotopic (exact) mass is 151 g/mol. The highest BCUT2D eigenvalue weighted by atomic mass is 16.5. The third kappa shape index (κ3) is 2.77. The Morgan fingerprint density at radius 3 is 2.45 bits per heavy atom. The largest absolute Gasteiger partial charge is 0.271 e. The van der Waals surface area contributed by atoms with Crippen LogP contribution in [0.3, 0.4) is 0 Å². The zero-order valence-corrected chi connectivity index (χ0v) is 6.18. The van der Waals surface area contributed by atoms with Gasteiger partial charge in [-0.3, -0.25) is 5.21 Å². The normalized spacial score (nSPS) is 10.4. The van der Waals surface area contributed by atoms with Crippen LogP contribution in [-0.2, 0) is 0 Å². The van der Waals surface area contributed by atoms with Gasteiger partial charge in [-0.2, -0.15) is 5.17 Å². The van der Waals surface area contributed by atoms with E-state index < -0.39 is 0 Å². The lowest BCUT2D eigenvalue weighted by Crippen LogP contribution is -2.00. The Morgan fingerprint density at radius 1 is 1.27 bits per heavy atom. The third-order valence-electron chi connectivity index (χ3n) is 1.05. The summed E-state index contributed by atoms with van der Waals surface area (Å²) in [5, 5.41) is 16.4. The van der Waals surface area contributed by atoms with Gasteiger partial charge in [-0.05, 0) is 17.4 Å². The fourth-order valence-corrected chi connectivity index (χ4v) is 0.611. The summed E-state index contributed by atoms with van der Waals surface area (Å²) in [5.41, 5.74) is 0.716. The summed E-state index contributed by atoms with van der Waals surface area (Å²) < 4.78 is 0. The average molecular weight is 151 g/mol. The van der Waals surface area contributed by atoms with Crippen LogP contribution < -0.4 is 0 Å². The number of rotatable bonds is 2. The van der Waals surface area contributed by atoms with E-state index >= 15 is 0 Å². The summed E-state index contributed by atoms with van der Waals surface area (Å²) in [6.07, 6.45) is 0. The molecule has 0 bridgehead atoms. The van der Waals surface area contributed by atoms with Crippen LogP contribution in [0.25, 0.3) is 0 Å². The van der Waals surface area contributed by atoms with Gasteiger partial charge in [0, 0.05) is 0 Å². The van der Waals surface area contributed by atoms with Crippen molar-refractivity contribution in [2.45, 2.75) is 0 Å². The summed E-state index contributed by atoms with van der Waals surface area (Å²) in [5.74, 6) is 0. The molecule has 1 aromatic carbocycles. The topological polar surface area (TPSA) is 48.2 Å². The molecule has 0 spiro atoms. The summed E-state index contributed by atoms with van der Waals surface area (Å²) in [4.78, 5) is 0. The van der Waals surface area contributed by atoms with Crippen molar-refractivity contribution in [1.82, 2.24) is 5.17 Å². The van der Waals surface area contributed by atoms with Gasteiger partial charge in [0.25, 0.3) is 0 Å². The number of hydrogen-bond donors (Lipinski definition) is 1. The molecule has 0 radical (unpaired) electrons. The maximum atomic E-state index is 8.59. The quantitative estimate of drug-likeness (QED) is 0.519. The van der Waals surface area contributed by atoms with Gasteiger partial charge in [-0.1, -0.05) is 18.2 Å². The van der Waals surface area contributed by atoms with E-state index in [9.17, 15) is 0 Å². The predicted molar refractivity (Wildman–Crippen MR) is 40.5 cm³/mol. The van der Waals surface area contributed by atoms with Crippen LogP contribution in [0.4, 0.5) is 5.69 Å². The molecule has 0 saturated carbocycles. The molecule has 1 N–H and O–H groups in total. The molecule has 0 aliphatic rings. The number of hydroxylamine groups is 1. The van der Waals surface area contributed by atoms with E-state index in [2.05, 4.69) is 10.3 Å². The number of benzene rings is 1. The van der Waals surface area contributed by atoms with Crippen molar-refractivity contribution in [3.05, 3.63) is 30.3 Å². The fourth-order valence-electron chi connectivity index (χ4n) is 0.611. The highest BCUT2D eigenvalue weighted by molar-refractivity contribution is 5.34. The second-order valence-electron chi connectivity index (χ2n) is 2.01. The molecule has 0 aliphatic heterocycles. The number of hydrogen-bond acceptors (Lipinski definition) is 3. The SMILES string of the molecule is CN(O)/N=N\c1ccccc1. The van der Waals surface area contributed by atoms with Gasteiger partial charge in [0.15, 0.2) is 0 Å². The maximum Gasteiger partial charge on any atom is 0.0875 e. The minimum Gasteiger partial charge on any atom is -0.271 e. The Balaban J connectivity index is 2.65. The molecular formula is C7H9N3O. The summed E-state index contributed by atoms with van der Waals surface area (Å²) in [6.45, 7) is 0. The van der Waals surface area contributed by atoms with Gasteiger partial charge < -0.3 is 0 Å². The summed E-state index contributed by atoms with van der Waals surface area (Å²) in [7, 11) is 1.40.